The summed E-state index contributed by atoms with van der Waals surface area (Å²) in [7, 11) is 1.38. The van der Waals surface area contributed by atoms with Crippen LogP contribution in [0.2, 0.25) is 5.02 Å². The number of ether oxygens (including phenoxy) is 1. The number of likely N-dealkylation sites (tertiary alicyclic amines) is 1. The maximum atomic E-state index is 12.8. The first-order chi connectivity index (χ1) is 13.9. The number of halogens is 1. The van der Waals surface area contributed by atoms with Crippen LogP contribution in [-0.4, -0.2) is 52.3 Å². The average Bonchev–Trinajstić information content (AvgIpc) is 2.73. The molecule has 0 unspecified atom stereocenters. The molecule has 1 fully saturated rings. The number of hydrogen-bond acceptors (Lipinski definition) is 6. The summed E-state index contributed by atoms with van der Waals surface area (Å²) in [6, 6.07) is 4.94. The fraction of sp³-hybridized carbons (Fsp3) is 0.400. The van der Waals surface area contributed by atoms with Crippen molar-refractivity contribution in [3.8, 4) is 0 Å². The Morgan fingerprint density at radius 2 is 2.10 bits per heavy atom. The maximum absolute atomic E-state index is 12.8. The highest BCUT2D eigenvalue weighted by molar-refractivity contribution is 7.99. The number of piperidine rings is 1. The molecule has 7 nitrogen and oxygen atoms in total. The lowest BCUT2D eigenvalue weighted by Gasteiger charge is -2.30. The highest BCUT2D eigenvalue weighted by atomic mass is 35.5. The van der Waals surface area contributed by atoms with E-state index in [-0.39, 0.29) is 29.1 Å². The summed E-state index contributed by atoms with van der Waals surface area (Å²) in [4.78, 5) is 43.3. The molecule has 0 N–H and O–H groups in total. The van der Waals surface area contributed by atoms with Gasteiger partial charge in [-0.2, -0.15) is 0 Å². The smallest absolute Gasteiger partial charge is 0.308 e. The second kappa shape index (κ2) is 9.45. The molecule has 1 aromatic carbocycles. The van der Waals surface area contributed by atoms with Gasteiger partial charge in [-0.25, -0.2) is 4.98 Å². The number of rotatable bonds is 6. The molecule has 1 aromatic heterocycles. The fourth-order valence-corrected chi connectivity index (χ4v) is 4.40. The van der Waals surface area contributed by atoms with Gasteiger partial charge >= 0.3 is 5.97 Å². The van der Waals surface area contributed by atoms with Crippen molar-refractivity contribution < 1.29 is 14.3 Å². The normalized spacial score (nSPS) is 14.8. The summed E-state index contributed by atoms with van der Waals surface area (Å²) >= 11 is 7.25. The van der Waals surface area contributed by atoms with Gasteiger partial charge in [0.25, 0.3) is 5.56 Å². The number of methoxy groups -OCH3 is 1. The number of benzene rings is 1. The molecule has 0 bridgehead atoms. The van der Waals surface area contributed by atoms with E-state index in [0.717, 1.165) is 0 Å². The fourth-order valence-electron chi connectivity index (χ4n) is 3.32. The van der Waals surface area contributed by atoms with Gasteiger partial charge in [0.05, 0.1) is 29.7 Å². The van der Waals surface area contributed by atoms with Crippen LogP contribution in [0.4, 0.5) is 0 Å². The van der Waals surface area contributed by atoms with Gasteiger partial charge in [0.2, 0.25) is 5.91 Å². The third-order valence-corrected chi connectivity index (χ3v) is 6.10. The van der Waals surface area contributed by atoms with Gasteiger partial charge in [-0.3, -0.25) is 19.0 Å². The average molecular weight is 436 g/mol. The molecule has 0 spiro atoms. The molecule has 29 heavy (non-hydrogen) atoms. The first-order valence-corrected chi connectivity index (χ1v) is 10.6. The van der Waals surface area contributed by atoms with Gasteiger partial charge in [-0.1, -0.05) is 29.4 Å². The Balaban J connectivity index is 1.73. The Morgan fingerprint density at radius 1 is 1.38 bits per heavy atom. The second-order valence-electron chi connectivity index (χ2n) is 6.73. The van der Waals surface area contributed by atoms with Crippen molar-refractivity contribution in [1.82, 2.24) is 14.5 Å². The van der Waals surface area contributed by atoms with Gasteiger partial charge in [0.15, 0.2) is 5.16 Å². The monoisotopic (exact) mass is 435 g/mol. The molecule has 0 aliphatic carbocycles. The first-order valence-electron chi connectivity index (χ1n) is 9.24. The molecule has 1 saturated heterocycles. The zero-order chi connectivity index (χ0) is 21.0. The molecule has 1 aliphatic rings. The second-order valence-corrected chi connectivity index (χ2v) is 8.11. The third kappa shape index (κ3) is 4.82. The van der Waals surface area contributed by atoms with E-state index in [9.17, 15) is 14.4 Å². The van der Waals surface area contributed by atoms with Crippen LogP contribution in [0.15, 0.2) is 40.8 Å². The van der Waals surface area contributed by atoms with E-state index in [0.29, 0.717) is 53.6 Å². The third-order valence-electron chi connectivity index (χ3n) is 4.90. The maximum Gasteiger partial charge on any atom is 0.308 e. The molecule has 154 valence electrons. The van der Waals surface area contributed by atoms with Crippen LogP contribution in [-0.2, 0) is 20.9 Å². The van der Waals surface area contributed by atoms with E-state index in [4.69, 9.17) is 16.3 Å². The van der Waals surface area contributed by atoms with Gasteiger partial charge < -0.3 is 9.64 Å². The van der Waals surface area contributed by atoms with Gasteiger partial charge in [0, 0.05) is 24.7 Å². The number of amides is 1. The van der Waals surface area contributed by atoms with E-state index in [1.165, 1.54) is 23.4 Å². The lowest BCUT2D eigenvalue weighted by molar-refractivity contribution is -0.148. The van der Waals surface area contributed by atoms with Crippen molar-refractivity contribution >= 4 is 46.1 Å². The summed E-state index contributed by atoms with van der Waals surface area (Å²) in [6.07, 6.45) is 2.81. The highest BCUT2D eigenvalue weighted by Crippen LogP contribution is 2.23. The van der Waals surface area contributed by atoms with Crippen molar-refractivity contribution in [2.75, 3.05) is 26.0 Å². The minimum absolute atomic E-state index is 0.0519. The number of esters is 1. The number of aromatic nitrogens is 2. The van der Waals surface area contributed by atoms with Crippen molar-refractivity contribution in [3.63, 3.8) is 0 Å². The van der Waals surface area contributed by atoms with E-state index in [2.05, 4.69) is 11.6 Å². The summed E-state index contributed by atoms with van der Waals surface area (Å²) in [5.41, 5.74) is 0.303. The van der Waals surface area contributed by atoms with Crippen LogP contribution in [0.3, 0.4) is 0 Å². The van der Waals surface area contributed by atoms with Gasteiger partial charge in [-0.15, -0.1) is 6.58 Å². The Morgan fingerprint density at radius 3 is 2.76 bits per heavy atom. The van der Waals surface area contributed by atoms with E-state index in [1.54, 1.807) is 29.2 Å². The molecule has 1 aliphatic heterocycles. The van der Waals surface area contributed by atoms with E-state index in [1.807, 2.05) is 0 Å². The molecular weight excluding hydrogens is 414 g/mol. The predicted molar refractivity (Wildman–Crippen MR) is 113 cm³/mol. The standard InChI is InChI=1S/C20H22ClN3O4S/c1-3-8-24-18(26)15-5-4-14(21)11-16(15)22-20(24)29-12-17(25)23-9-6-13(7-10-23)19(27)28-2/h3-5,11,13H,1,6-10,12H2,2H3. The minimum atomic E-state index is -0.223. The summed E-state index contributed by atoms with van der Waals surface area (Å²) in [5, 5.41) is 1.41. The number of hydrogen-bond donors (Lipinski definition) is 0. The molecule has 0 atom stereocenters. The molecule has 0 radical (unpaired) electrons. The van der Waals surface area contributed by atoms with Crippen molar-refractivity contribution in [2.24, 2.45) is 5.92 Å². The van der Waals surface area contributed by atoms with Crippen LogP contribution in [0.5, 0.6) is 0 Å². The van der Waals surface area contributed by atoms with Crippen LogP contribution in [0.25, 0.3) is 10.9 Å². The zero-order valence-electron chi connectivity index (χ0n) is 16.1. The van der Waals surface area contributed by atoms with Gasteiger partial charge in [0.1, 0.15) is 0 Å². The summed E-state index contributed by atoms with van der Waals surface area (Å²) < 4.78 is 6.28. The highest BCUT2D eigenvalue weighted by Gasteiger charge is 2.28. The summed E-state index contributed by atoms with van der Waals surface area (Å²) in [6.45, 7) is 5.02. The SMILES string of the molecule is C=CCn1c(SCC(=O)N2CCC(C(=O)OC)CC2)nc2cc(Cl)ccc2c1=O. The van der Waals surface area contributed by atoms with Crippen LogP contribution < -0.4 is 5.56 Å². The number of carbonyl (C=O) groups is 2. The van der Waals surface area contributed by atoms with Gasteiger partial charge in [-0.05, 0) is 31.0 Å². The number of allylic oxidation sites excluding steroid dienone is 1. The quantitative estimate of drug-likeness (QED) is 0.300. The molecule has 3 rings (SSSR count). The molecule has 9 heteroatoms. The van der Waals surface area contributed by atoms with Crippen LogP contribution >= 0.6 is 23.4 Å². The topological polar surface area (TPSA) is 81.5 Å². The number of nitrogens with zero attached hydrogens (tertiary/aromatic N) is 3. The molecule has 2 heterocycles. The van der Waals surface area contributed by atoms with Crippen molar-refractivity contribution in [1.29, 1.82) is 0 Å². The van der Waals surface area contributed by atoms with Crippen LogP contribution in [0.1, 0.15) is 12.8 Å². The molecule has 0 saturated carbocycles. The first kappa shape index (κ1) is 21.4. The van der Waals surface area contributed by atoms with Crippen molar-refractivity contribution in [3.05, 3.63) is 46.2 Å². The van der Waals surface area contributed by atoms with Crippen LogP contribution in [0, 0.1) is 5.92 Å². The number of carbonyl (C=O) groups excluding carboxylic acids is 2. The number of thioether (sulfide) groups is 1. The lowest BCUT2D eigenvalue weighted by Crippen LogP contribution is -2.41. The Bertz CT molecular complexity index is 999. The minimum Gasteiger partial charge on any atom is -0.469 e. The molecular formula is C20H22ClN3O4S. The Kier molecular flexibility index (Phi) is 6.97. The van der Waals surface area contributed by atoms with Crippen molar-refractivity contribution in [2.45, 2.75) is 24.5 Å². The Hall–Kier alpha value is -2.32. The zero-order valence-corrected chi connectivity index (χ0v) is 17.7. The van der Waals surface area contributed by atoms with E-state index < -0.39 is 0 Å². The lowest BCUT2D eigenvalue weighted by atomic mass is 9.97. The largest absolute Gasteiger partial charge is 0.469 e. The number of fused-ring (bicyclic) bond motifs is 1. The molecule has 2 aromatic rings. The van der Waals surface area contributed by atoms with E-state index >= 15 is 0 Å². The molecule has 1 amide bonds. The summed E-state index contributed by atoms with van der Waals surface area (Å²) in [5.74, 6) is -0.275. The Labute approximate surface area is 177 Å². The predicted octanol–water partition coefficient (Wildman–Crippen LogP) is 2.74.